The monoisotopic (exact) mass is 138 g/mol. The lowest BCUT2D eigenvalue weighted by atomic mass is 10.1. The second-order valence-electron chi connectivity index (χ2n) is 2.65. The zero-order valence-electron chi connectivity index (χ0n) is 7.35. The van der Waals surface area contributed by atoms with Gasteiger partial charge in [0.1, 0.15) is 0 Å². The summed E-state index contributed by atoms with van der Waals surface area (Å²) in [5.74, 6) is 0. The van der Waals surface area contributed by atoms with E-state index in [9.17, 15) is 0 Å². The molecule has 0 spiro atoms. The Morgan fingerprint density at radius 1 is 1.10 bits per heavy atom. The lowest BCUT2D eigenvalue weighted by Crippen LogP contribution is -1.76. The van der Waals surface area contributed by atoms with Crippen molar-refractivity contribution < 1.29 is 0 Å². The first-order valence-corrected chi connectivity index (χ1v) is 4.02. The minimum atomic E-state index is 1.14. The van der Waals surface area contributed by atoms with E-state index in [1.165, 1.54) is 18.4 Å². The lowest BCUT2D eigenvalue weighted by Gasteiger charge is -1.96. The van der Waals surface area contributed by atoms with Crippen LogP contribution < -0.4 is 0 Å². The van der Waals surface area contributed by atoms with E-state index in [0.717, 1.165) is 6.42 Å². The van der Waals surface area contributed by atoms with Crippen LogP contribution in [0.4, 0.5) is 0 Å². The van der Waals surface area contributed by atoms with E-state index in [0.29, 0.717) is 0 Å². The Labute approximate surface area is 65.3 Å². The van der Waals surface area contributed by atoms with Gasteiger partial charge in [-0.1, -0.05) is 25.5 Å². The Kier molecular flexibility index (Phi) is 6.68. The van der Waals surface area contributed by atoms with Crippen LogP contribution in [0.15, 0.2) is 11.6 Å². The summed E-state index contributed by atoms with van der Waals surface area (Å²) in [5, 5.41) is 0. The average Bonchev–Trinajstić information content (AvgIpc) is 1.89. The van der Waals surface area contributed by atoms with E-state index in [1.54, 1.807) is 0 Å². The highest BCUT2D eigenvalue weighted by Gasteiger charge is 1.85. The summed E-state index contributed by atoms with van der Waals surface area (Å²) in [4.78, 5) is 0. The first kappa shape index (κ1) is 9.74. The predicted molar refractivity (Wildman–Crippen MR) is 47.6 cm³/mol. The third-order valence-corrected chi connectivity index (χ3v) is 1.47. The van der Waals surface area contributed by atoms with Crippen LogP contribution in [-0.2, 0) is 0 Å². The molecule has 0 aliphatic rings. The zero-order valence-corrected chi connectivity index (χ0v) is 7.35. The predicted octanol–water partition coefficient (Wildman–Crippen LogP) is 3.55. The molecule has 0 aromatic rings. The normalized spacial score (nSPS) is 12.1. The summed E-state index contributed by atoms with van der Waals surface area (Å²) >= 11 is 0. The number of hydrogen-bond donors (Lipinski definition) is 0. The molecule has 0 atom stereocenters. The molecule has 0 saturated carbocycles. The fraction of sp³-hybridized carbons (Fsp3) is 0.600. The fourth-order valence-electron chi connectivity index (χ4n) is 0.902. The van der Waals surface area contributed by atoms with Gasteiger partial charge in [-0.05, 0) is 39.0 Å². The molecule has 0 unspecified atom stereocenters. The molecule has 0 amide bonds. The first-order valence-electron chi connectivity index (χ1n) is 4.02. The molecule has 0 nitrogen and oxygen atoms in total. The molecule has 0 fully saturated rings. The highest BCUT2D eigenvalue weighted by atomic mass is 13.9. The van der Waals surface area contributed by atoms with Crippen molar-refractivity contribution in [2.45, 2.75) is 40.0 Å². The van der Waals surface area contributed by atoms with E-state index >= 15 is 0 Å². The molecule has 0 heteroatoms. The topological polar surface area (TPSA) is 0 Å². The van der Waals surface area contributed by atoms with Crippen LogP contribution in [0.1, 0.15) is 40.0 Å². The molecule has 0 aliphatic heterocycles. The molecule has 0 saturated heterocycles. The van der Waals surface area contributed by atoms with Gasteiger partial charge in [0.2, 0.25) is 0 Å². The molecular weight excluding hydrogens is 120 g/mol. The fourth-order valence-corrected chi connectivity index (χ4v) is 0.902. The van der Waals surface area contributed by atoms with Gasteiger partial charge in [0.05, 0.1) is 0 Å². The van der Waals surface area contributed by atoms with Crippen LogP contribution >= 0.6 is 0 Å². The van der Waals surface area contributed by atoms with Crippen LogP contribution in [0.5, 0.6) is 0 Å². The summed E-state index contributed by atoms with van der Waals surface area (Å²) in [6.45, 7) is 6.40. The van der Waals surface area contributed by atoms with Crippen LogP contribution in [-0.4, -0.2) is 0 Å². The Morgan fingerprint density at radius 3 is 2.30 bits per heavy atom. The van der Waals surface area contributed by atoms with Gasteiger partial charge < -0.3 is 0 Å². The van der Waals surface area contributed by atoms with Crippen LogP contribution in [0.3, 0.4) is 0 Å². The van der Waals surface area contributed by atoms with Gasteiger partial charge in [-0.15, -0.1) is 0 Å². The number of rotatable bonds is 5. The highest BCUT2D eigenvalue weighted by molar-refractivity contribution is 5.00. The highest BCUT2D eigenvalue weighted by Crippen LogP contribution is 2.05. The molecule has 0 heterocycles. The maximum Gasteiger partial charge on any atom is -0.0295 e. The van der Waals surface area contributed by atoms with Crippen molar-refractivity contribution in [3.8, 4) is 0 Å². The maximum atomic E-state index is 2.32. The van der Waals surface area contributed by atoms with Crippen molar-refractivity contribution in [2.24, 2.45) is 0 Å². The third-order valence-electron chi connectivity index (χ3n) is 1.47. The summed E-state index contributed by atoms with van der Waals surface area (Å²) in [5.41, 5.74) is 1.49. The van der Waals surface area contributed by atoms with E-state index in [4.69, 9.17) is 0 Å². The van der Waals surface area contributed by atoms with Crippen LogP contribution in [0.25, 0.3) is 0 Å². The van der Waals surface area contributed by atoms with Gasteiger partial charge in [0.15, 0.2) is 0 Å². The number of hydrogen-bond acceptors (Lipinski definition) is 0. The zero-order chi connectivity index (χ0) is 7.82. The SMILES string of the molecule is C[CH]CC/C=C(\C)C[CH]C. The van der Waals surface area contributed by atoms with E-state index in [2.05, 4.69) is 39.7 Å². The standard InChI is InChI=1S/C10H18/c1-4-6-7-9-10(3)8-5-2/h4-5,9H,6-8H2,1-3H3/b10-9+. The minimum Gasteiger partial charge on any atom is -0.0856 e. The quantitative estimate of drug-likeness (QED) is 0.402. The molecular formula is C10H18. The third kappa shape index (κ3) is 5.87. The number of unbranched alkanes of at least 4 members (excludes halogenated alkanes) is 2. The van der Waals surface area contributed by atoms with Gasteiger partial charge in [-0.25, -0.2) is 0 Å². The van der Waals surface area contributed by atoms with Crippen molar-refractivity contribution in [1.82, 2.24) is 0 Å². The van der Waals surface area contributed by atoms with Crippen molar-refractivity contribution in [1.29, 1.82) is 0 Å². The summed E-state index contributed by atoms with van der Waals surface area (Å²) < 4.78 is 0. The van der Waals surface area contributed by atoms with Gasteiger partial charge >= 0.3 is 0 Å². The number of allylic oxidation sites excluding steroid dienone is 2. The van der Waals surface area contributed by atoms with Crippen LogP contribution in [0, 0.1) is 12.8 Å². The molecule has 0 bridgehead atoms. The summed E-state index contributed by atoms with van der Waals surface area (Å²) in [7, 11) is 0. The Bertz CT molecular complexity index is 90.2. The van der Waals surface area contributed by atoms with Crippen molar-refractivity contribution in [3.05, 3.63) is 24.5 Å². The lowest BCUT2D eigenvalue weighted by molar-refractivity contribution is 0.949. The molecule has 0 aliphatic carbocycles. The molecule has 2 radical (unpaired) electrons. The van der Waals surface area contributed by atoms with Crippen molar-refractivity contribution >= 4 is 0 Å². The molecule has 0 aromatic carbocycles. The minimum absolute atomic E-state index is 1.14. The van der Waals surface area contributed by atoms with Crippen molar-refractivity contribution in [2.75, 3.05) is 0 Å². The van der Waals surface area contributed by atoms with Crippen LogP contribution in [0.2, 0.25) is 0 Å². The maximum absolute atomic E-state index is 2.32. The van der Waals surface area contributed by atoms with Gasteiger partial charge in [-0.3, -0.25) is 0 Å². The van der Waals surface area contributed by atoms with Gasteiger partial charge in [0.25, 0.3) is 0 Å². The Hall–Kier alpha value is -0.260. The molecule has 0 aromatic heterocycles. The van der Waals surface area contributed by atoms with Crippen molar-refractivity contribution in [3.63, 3.8) is 0 Å². The molecule has 0 N–H and O–H groups in total. The molecule has 10 heavy (non-hydrogen) atoms. The first-order chi connectivity index (χ1) is 4.81. The largest absolute Gasteiger partial charge is 0.0856 e. The smallest absolute Gasteiger partial charge is 0.0295 e. The van der Waals surface area contributed by atoms with E-state index in [1.807, 2.05) is 0 Å². The second-order valence-corrected chi connectivity index (χ2v) is 2.65. The second kappa shape index (κ2) is 6.85. The summed E-state index contributed by atoms with van der Waals surface area (Å²) in [6, 6.07) is 0. The van der Waals surface area contributed by atoms with Gasteiger partial charge in [0, 0.05) is 0 Å². The average molecular weight is 138 g/mol. The van der Waals surface area contributed by atoms with E-state index in [-0.39, 0.29) is 0 Å². The Morgan fingerprint density at radius 2 is 1.80 bits per heavy atom. The van der Waals surface area contributed by atoms with Gasteiger partial charge in [-0.2, -0.15) is 0 Å². The molecule has 0 rings (SSSR count). The molecule has 58 valence electrons. The summed E-state index contributed by atoms with van der Waals surface area (Å²) in [6.07, 6.45) is 10.3. The van der Waals surface area contributed by atoms with E-state index < -0.39 is 0 Å². The Balaban J connectivity index is 3.28.